The molecule has 3 aromatic rings. The molecule has 1 N–H and O–H groups in total. The summed E-state index contributed by atoms with van der Waals surface area (Å²) in [6.07, 6.45) is 11.7. The fourth-order valence-corrected chi connectivity index (χ4v) is 9.45. The Hall–Kier alpha value is -1.46. The summed E-state index contributed by atoms with van der Waals surface area (Å²) < 4.78 is 3.22. The highest BCUT2D eigenvalue weighted by Crippen LogP contribution is 2.67. The monoisotopic (exact) mass is 507 g/mol. The number of aliphatic hydroxyl groups is 1. The molecule has 0 radical (unpaired) electrons. The van der Waals surface area contributed by atoms with Gasteiger partial charge in [0.25, 0.3) is 0 Å². The molecule has 0 spiro atoms. The zero-order chi connectivity index (χ0) is 22.8. The lowest BCUT2D eigenvalue weighted by Gasteiger charge is -2.61. The van der Waals surface area contributed by atoms with Crippen LogP contribution in [-0.4, -0.2) is 25.3 Å². The number of benzene rings is 1. The van der Waals surface area contributed by atoms with Gasteiger partial charge in [0, 0.05) is 21.7 Å². The van der Waals surface area contributed by atoms with Crippen LogP contribution in [0.2, 0.25) is 0 Å². The van der Waals surface area contributed by atoms with E-state index in [4.69, 9.17) is 10.1 Å². The number of halogens is 1. The van der Waals surface area contributed by atoms with Gasteiger partial charge in [-0.05, 0) is 117 Å². The second kappa shape index (κ2) is 6.60. The van der Waals surface area contributed by atoms with Crippen LogP contribution in [0.1, 0.15) is 70.6 Å². The number of fused-ring (bicyclic) bond motifs is 10. The maximum absolute atomic E-state index is 11.2. The molecule has 0 amide bonds. The molecule has 7 unspecified atom stereocenters. The van der Waals surface area contributed by atoms with Gasteiger partial charge in [0.2, 0.25) is 0 Å². The van der Waals surface area contributed by atoms with Crippen molar-refractivity contribution in [3.63, 3.8) is 0 Å². The third kappa shape index (κ3) is 2.61. The molecule has 0 bridgehead atoms. The van der Waals surface area contributed by atoms with Crippen molar-refractivity contribution < 1.29 is 5.11 Å². The molecular formula is C28H34BrN3O. The van der Waals surface area contributed by atoms with Gasteiger partial charge >= 0.3 is 0 Å². The van der Waals surface area contributed by atoms with E-state index in [1.165, 1.54) is 43.4 Å². The van der Waals surface area contributed by atoms with Crippen LogP contribution in [-0.2, 0) is 12.8 Å². The van der Waals surface area contributed by atoms with Gasteiger partial charge < -0.3 is 5.11 Å². The highest BCUT2D eigenvalue weighted by atomic mass is 79.9. The van der Waals surface area contributed by atoms with Crippen LogP contribution in [0, 0.1) is 34.5 Å². The van der Waals surface area contributed by atoms with Gasteiger partial charge in [0.1, 0.15) is 0 Å². The summed E-state index contributed by atoms with van der Waals surface area (Å²) in [7, 11) is 0. The molecule has 3 saturated carbocycles. The zero-order valence-electron chi connectivity index (χ0n) is 19.9. The summed E-state index contributed by atoms with van der Waals surface area (Å²) in [5, 5.41) is 17.4. The van der Waals surface area contributed by atoms with Crippen molar-refractivity contribution in [1.29, 1.82) is 0 Å². The Morgan fingerprint density at radius 3 is 2.73 bits per heavy atom. The molecule has 174 valence electrons. The lowest BCUT2D eigenvalue weighted by atomic mass is 9.44. The van der Waals surface area contributed by atoms with Crippen LogP contribution in [0.25, 0.3) is 16.6 Å². The number of nitrogens with zero attached hydrogens (tertiary/aromatic N) is 3. The van der Waals surface area contributed by atoms with Crippen molar-refractivity contribution in [2.75, 3.05) is 0 Å². The Kier molecular flexibility index (Phi) is 4.18. The van der Waals surface area contributed by atoms with Crippen molar-refractivity contribution in [3.05, 3.63) is 40.1 Å². The predicted octanol–water partition coefficient (Wildman–Crippen LogP) is 6.35. The van der Waals surface area contributed by atoms with E-state index < -0.39 is 5.60 Å². The quantitative estimate of drug-likeness (QED) is 0.385. The van der Waals surface area contributed by atoms with Gasteiger partial charge in [-0.1, -0.05) is 29.8 Å². The first-order valence-electron chi connectivity index (χ1n) is 12.9. The van der Waals surface area contributed by atoms with Gasteiger partial charge in [-0.2, -0.15) is 5.10 Å². The number of hydrogen-bond acceptors (Lipinski definition) is 3. The Bertz CT molecular complexity index is 1300. The smallest absolute Gasteiger partial charge is 0.163 e. The minimum Gasteiger partial charge on any atom is -0.390 e. The Labute approximate surface area is 204 Å². The normalized spacial score (nSPS) is 42.1. The van der Waals surface area contributed by atoms with Crippen molar-refractivity contribution in [2.24, 2.45) is 34.5 Å². The van der Waals surface area contributed by atoms with E-state index in [0.29, 0.717) is 17.3 Å². The minimum atomic E-state index is -0.494. The minimum absolute atomic E-state index is 0.0983. The van der Waals surface area contributed by atoms with Crippen molar-refractivity contribution in [3.8, 4) is 0 Å². The third-order valence-electron chi connectivity index (χ3n) is 11.2. The first-order valence-corrected chi connectivity index (χ1v) is 13.7. The third-order valence-corrected chi connectivity index (χ3v) is 11.7. The van der Waals surface area contributed by atoms with Crippen molar-refractivity contribution in [2.45, 2.75) is 77.7 Å². The van der Waals surface area contributed by atoms with E-state index in [2.05, 4.69) is 65.6 Å². The molecule has 4 nitrogen and oxygen atoms in total. The Morgan fingerprint density at radius 1 is 1.06 bits per heavy atom. The van der Waals surface area contributed by atoms with Gasteiger partial charge in [-0.15, -0.1) is 0 Å². The van der Waals surface area contributed by atoms with E-state index in [1.54, 1.807) is 0 Å². The topological polar surface area (TPSA) is 50.4 Å². The maximum atomic E-state index is 11.2. The van der Waals surface area contributed by atoms with Gasteiger partial charge in [-0.3, -0.25) is 0 Å². The largest absolute Gasteiger partial charge is 0.390 e. The standard InChI is InChI=1S/C28H34BrN3O/c1-26-14-16-15-30-25-20-7-5-18(29)13-23(20)31-32(25)24(16)12-17(26)4-6-19-21(26)8-10-27(2)22(19)9-11-28(27,3)33/h5,7,13,15,17,19,21-22,33H,4,6,8-12,14H2,1-3H3. The summed E-state index contributed by atoms with van der Waals surface area (Å²) in [4.78, 5) is 4.92. The molecule has 0 aliphatic heterocycles. The summed E-state index contributed by atoms with van der Waals surface area (Å²) in [6.45, 7) is 7.10. The molecule has 2 aromatic heterocycles. The van der Waals surface area contributed by atoms with E-state index in [-0.39, 0.29) is 5.41 Å². The van der Waals surface area contributed by atoms with Crippen LogP contribution < -0.4 is 0 Å². The molecule has 4 aliphatic rings. The molecule has 4 aliphatic carbocycles. The summed E-state index contributed by atoms with van der Waals surface area (Å²) >= 11 is 3.59. The first-order chi connectivity index (χ1) is 15.7. The average molecular weight is 509 g/mol. The van der Waals surface area contributed by atoms with E-state index in [9.17, 15) is 5.11 Å². The number of aromatic nitrogens is 3. The van der Waals surface area contributed by atoms with Crippen LogP contribution in [0.3, 0.4) is 0 Å². The molecule has 1 aromatic carbocycles. The predicted molar refractivity (Wildman–Crippen MR) is 134 cm³/mol. The van der Waals surface area contributed by atoms with Crippen molar-refractivity contribution in [1.82, 2.24) is 14.6 Å². The molecule has 0 saturated heterocycles. The lowest BCUT2D eigenvalue weighted by Crippen LogP contribution is -2.56. The molecule has 33 heavy (non-hydrogen) atoms. The first kappa shape index (κ1) is 20.9. The van der Waals surface area contributed by atoms with Crippen LogP contribution in [0.5, 0.6) is 0 Å². The Morgan fingerprint density at radius 2 is 1.88 bits per heavy atom. The van der Waals surface area contributed by atoms with Crippen molar-refractivity contribution >= 4 is 32.5 Å². The maximum Gasteiger partial charge on any atom is 0.163 e. The van der Waals surface area contributed by atoms with Gasteiger partial charge in [0.15, 0.2) is 5.65 Å². The van der Waals surface area contributed by atoms with E-state index in [1.807, 2.05) is 0 Å². The van der Waals surface area contributed by atoms with Crippen LogP contribution in [0.4, 0.5) is 0 Å². The van der Waals surface area contributed by atoms with E-state index in [0.717, 1.165) is 52.1 Å². The summed E-state index contributed by atoms with van der Waals surface area (Å²) in [6, 6.07) is 6.32. The molecule has 3 fully saturated rings. The highest BCUT2D eigenvalue weighted by molar-refractivity contribution is 9.10. The zero-order valence-corrected chi connectivity index (χ0v) is 21.5. The fourth-order valence-electron chi connectivity index (χ4n) is 9.11. The summed E-state index contributed by atoms with van der Waals surface area (Å²) in [5.41, 5.74) is 4.74. The lowest BCUT2D eigenvalue weighted by molar-refractivity contribution is -0.139. The molecule has 7 rings (SSSR count). The molecule has 5 heteroatoms. The number of hydrogen-bond donors (Lipinski definition) is 1. The van der Waals surface area contributed by atoms with Gasteiger partial charge in [0.05, 0.1) is 11.1 Å². The summed E-state index contributed by atoms with van der Waals surface area (Å²) in [5.74, 6) is 2.92. The van der Waals surface area contributed by atoms with E-state index >= 15 is 0 Å². The van der Waals surface area contributed by atoms with Crippen LogP contribution in [0.15, 0.2) is 28.9 Å². The second-order valence-corrected chi connectivity index (χ2v) is 13.3. The molecular weight excluding hydrogens is 474 g/mol. The molecule has 2 heterocycles. The Balaban J connectivity index is 1.29. The molecule has 7 atom stereocenters. The average Bonchev–Trinajstić information content (AvgIpc) is 3.25. The fraction of sp³-hybridized carbons (Fsp3) is 0.643. The second-order valence-electron chi connectivity index (χ2n) is 12.4. The van der Waals surface area contributed by atoms with Gasteiger partial charge in [-0.25, -0.2) is 9.50 Å². The highest BCUT2D eigenvalue weighted by Gasteiger charge is 2.63. The SMILES string of the molecule is CC12Cc3cnc4c5ccc(Br)cc5nn4c3CC1CCC1C2CCC2(C)C1CCC2(C)O. The van der Waals surface area contributed by atoms with Crippen LogP contribution >= 0.6 is 15.9 Å². The number of rotatable bonds is 0.